The first-order chi connectivity index (χ1) is 17.3. The number of carbonyl (C=O) groups excluding carboxylic acids is 2. The number of aryl methyl sites for hydroxylation is 3. The molecule has 0 bridgehead atoms. The molecule has 0 atom stereocenters. The molecule has 36 heavy (non-hydrogen) atoms. The van der Waals surface area contributed by atoms with Crippen LogP contribution in [0.4, 0.5) is 5.69 Å². The lowest BCUT2D eigenvalue weighted by molar-refractivity contribution is -0.577. The van der Waals surface area contributed by atoms with Gasteiger partial charge in [0.15, 0.2) is 12.4 Å². The maximum absolute atomic E-state index is 13.9. The van der Waals surface area contributed by atoms with E-state index in [2.05, 4.69) is 5.10 Å². The Bertz CT molecular complexity index is 1550. The summed E-state index contributed by atoms with van der Waals surface area (Å²) in [5, 5.41) is 18.6. The number of benzene rings is 2. The van der Waals surface area contributed by atoms with Crippen molar-refractivity contribution in [2.45, 2.75) is 27.2 Å². The molecule has 0 saturated carbocycles. The maximum Gasteiger partial charge on any atom is 0.331 e. The fourth-order valence-electron chi connectivity index (χ4n) is 4.41. The number of aromatic nitrogens is 3. The highest BCUT2D eigenvalue weighted by molar-refractivity contribution is 6.53. The third-order valence-corrected chi connectivity index (χ3v) is 6.44. The van der Waals surface area contributed by atoms with Crippen LogP contribution in [0.25, 0.3) is 17.0 Å². The summed E-state index contributed by atoms with van der Waals surface area (Å²) in [6.07, 6.45) is 4.26. The van der Waals surface area contributed by atoms with Gasteiger partial charge in [0.2, 0.25) is 0 Å². The Morgan fingerprint density at radius 1 is 0.972 bits per heavy atom. The highest BCUT2D eigenvalue weighted by Gasteiger charge is 2.47. The number of halogens is 1. The Morgan fingerprint density at radius 3 is 2.42 bits per heavy atom. The van der Waals surface area contributed by atoms with Crippen LogP contribution in [0.3, 0.4) is 0 Å². The number of nitrogens with zero attached hydrogens (tertiary/aromatic N) is 4. The van der Waals surface area contributed by atoms with Crippen molar-refractivity contribution in [1.29, 1.82) is 0 Å². The van der Waals surface area contributed by atoms with Crippen LogP contribution >= 0.6 is 11.6 Å². The predicted octanol–water partition coefficient (Wildman–Crippen LogP) is 4.01. The molecule has 0 spiro atoms. The third-order valence-electron chi connectivity index (χ3n) is 6.19. The van der Waals surface area contributed by atoms with Gasteiger partial charge in [0, 0.05) is 22.2 Å². The van der Waals surface area contributed by atoms with E-state index in [-0.39, 0.29) is 16.8 Å². The minimum Gasteiger partial charge on any atom is -0.858 e. The van der Waals surface area contributed by atoms with Crippen LogP contribution in [0.1, 0.15) is 29.3 Å². The van der Waals surface area contributed by atoms with Crippen molar-refractivity contribution < 1.29 is 19.3 Å². The second-order valence-electron chi connectivity index (χ2n) is 8.64. The van der Waals surface area contributed by atoms with E-state index in [1.165, 1.54) is 4.68 Å². The number of amides is 2. The predicted molar refractivity (Wildman–Crippen MR) is 136 cm³/mol. The monoisotopic (exact) mass is 498 g/mol. The lowest BCUT2D eigenvalue weighted by Crippen LogP contribution is -2.40. The van der Waals surface area contributed by atoms with E-state index in [0.29, 0.717) is 22.1 Å². The van der Waals surface area contributed by atoms with Gasteiger partial charge >= 0.3 is 5.91 Å². The zero-order valence-corrected chi connectivity index (χ0v) is 20.8. The summed E-state index contributed by atoms with van der Waals surface area (Å²) >= 11 is 6.01. The Morgan fingerprint density at radius 2 is 1.72 bits per heavy atom. The van der Waals surface area contributed by atoms with E-state index in [9.17, 15) is 14.7 Å². The van der Waals surface area contributed by atoms with Gasteiger partial charge in [0.1, 0.15) is 5.57 Å². The first-order valence-corrected chi connectivity index (χ1v) is 11.9. The highest BCUT2D eigenvalue weighted by Crippen LogP contribution is 2.38. The van der Waals surface area contributed by atoms with Gasteiger partial charge < -0.3 is 5.11 Å². The average Bonchev–Trinajstić information content (AvgIpc) is 3.30. The molecule has 0 N–H and O–H groups in total. The van der Waals surface area contributed by atoms with Crippen molar-refractivity contribution in [2.24, 2.45) is 0 Å². The number of rotatable bonds is 5. The summed E-state index contributed by atoms with van der Waals surface area (Å²) in [5.74, 6) is -1.55. The molecule has 3 heterocycles. The summed E-state index contributed by atoms with van der Waals surface area (Å²) in [5.41, 5.74) is 3.43. The van der Waals surface area contributed by atoms with Crippen LogP contribution in [-0.2, 0) is 16.0 Å². The van der Waals surface area contributed by atoms with Crippen LogP contribution in [0, 0.1) is 13.8 Å². The first-order valence-electron chi connectivity index (χ1n) is 11.5. The highest BCUT2D eigenvalue weighted by atomic mass is 35.5. The van der Waals surface area contributed by atoms with Gasteiger partial charge in [-0.15, -0.1) is 0 Å². The summed E-state index contributed by atoms with van der Waals surface area (Å²) in [4.78, 5) is 28.9. The van der Waals surface area contributed by atoms with Gasteiger partial charge in [0.25, 0.3) is 11.6 Å². The molecule has 180 valence electrons. The average molecular weight is 499 g/mol. The number of pyridine rings is 1. The van der Waals surface area contributed by atoms with Crippen molar-refractivity contribution in [3.8, 4) is 11.6 Å². The van der Waals surface area contributed by atoms with Gasteiger partial charge in [-0.1, -0.05) is 30.7 Å². The zero-order valence-electron chi connectivity index (χ0n) is 20.0. The van der Waals surface area contributed by atoms with Crippen LogP contribution in [0.5, 0.6) is 5.88 Å². The number of hydrogen-bond acceptors (Lipinski definition) is 4. The molecule has 0 saturated heterocycles. The maximum atomic E-state index is 13.9. The van der Waals surface area contributed by atoms with Crippen molar-refractivity contribution in [3.63, 3.8) is 0 Å². The molecule has 5 rings (SSSR count). The van der Waals surface area contributed by atoms with Gasteiger partial charge in [-0.25, -0.2) is 9.58 Å². The molecule has 0 aliphatic carbocycles. The number of imide groups is 1. The molecule has 2 aromatic heterocycles. The van der Waals surface area contributed by atoms with Crippen LogP contribution < -0.4 is 14.6 Å². The quantitative estimate of drug-likeness (QED) is 0.307. The van der Waals surface area contributed by atoms with Crippen molar-refractivity contribution in [1.82, 2.24) is 9.78 Å². The van der Waals surface area contributed by atoms with Crippen molar-refractivity contribution >= 4 is 40.4 Å². The minimum absolute atomic E-state index is 0.0301. The minimum atomic E-state index is -0.564. The molecule has 1 aliphatic rings. The molecule has 4 aromatic rings. The van der Waals surface area contributed by atoms with E-state index in [0.717, 1.165) is 22.4 Å². The number of carbonyl (C=O) groups is 2. The molecule has 2 aromatic carbocycles. The van der Waals surface area contributed by atoms with Crippen LogP contribution in [0.15, 0.2) is 73.1 Å². The third kappa shape index (κ3) is 3.87. The molecule has 0 fully saturated rings. The summed E-state index contributed by atoms with van der Waals surface area (Å²) in [6, 6.07) is 17.6. The molecule has 2 amide bonds. The molecular formula is C28H23ClN4O3. The fourth-order valence-corrected chi connectivity index (χ4v) is 4.53. The first kappa shape index (κ1) is 23.5. The molecule has 8 heteroatoms. The van der Waals surface area contributed by atoms with Crippen LogP contribution in [0.2, 0.25) is 5.02 Å². The molecule has 0 radical (unpaired) electrons. The van der Waals surface area contributed by atoms with E-state index >= 15 is 0 Å². The molecule has 0 unspecified atom stereocenters. The van der Waals surface area contributed by atoms with Crippen LogP contribution in [-0.4, -0.2) is 21.6 Å². The van der Waals surface area contributed by atoms with Gasteiger partial charge in [-0.3, -0.25) is 9.59 Å². The second-order valence-corrected chi connectivity index (χ2v) is 9.07. The SMILES string of the molecule is CCc1ccc[n+](C2=C(c3c(C)nn(-c4ccc(Cl)cc4)c3[O-])C(=O)N(c3cccc(C)c3)C2=O)c1. The Labute approximate surface area is 213 Å². The standard InChI is InChI=1S/C28H23ClN4O3/c1-4-19-8-6-14-31(16-19)25-24(26(34)32(28(25)36)22-9-5-7-17(2)15-22)23-18(3)30-33(27(23)35)21-12-10-20(29)11-13-21/h5-16H,4H2,1-3H3. The Hall–Kier alpha value is -4.23. The molecule has 7 nitrogen and oxygen atoms in total. The second kappa shape index (κ2) is 9.09. The smallest absolute Gasteiger partial charge is 0.331 e. The molecular weight excluding hydrogens is 476 g/mol. The lowest BCUT2D eigenvalue weighted by Gasteiger charge is -2.16. The number of anilines is 1. The van der Waals surface area contributed by atoms with Gasteiger partial charge in [-0.05, 0) is 74.2 Å². The fraction of sp³-hybridized carbons (Fsp3) is 0.143. The summed E-state index contributed by atoms with van der Waals surface area (Å²) in [7, 11) is 0. The van der Waals surface area contributed by atoms with Crippen molar-refractivity contribution in [2.75, 3.05) is 4.90 Å². The van der Waals surface area contributed by atoms with E-state index in [1.54, 1.807) is 60.2 Å². The topological polar surface area (TPSA) is 82.1 Å². The summed E-state index contributed by atoms with van der Waals surface area (Å²) in [6.45, 7) is 5.55. The zero-order chi connectivity index (χ0) is 25.6. The lowest BCUT2D eigenvalue weighted by atomic mass is 10.0. The number of hydrogen-bond donors (Lipinski definition) is 0. The summed E-state index contributed by atoms with van der Waals surface area (Å²) < 4.78 is 2.86. The van der Waals surface area contributed by atoms with Gasteiger partial charge in [-0.2, -0.15) is 9.67 Å². The van der Waals surface area contributed by atoms with Crippen molar-refractivity contribution in [3.05, 3.63) is 100 Å². The normalized spacial score (nSPS) is 13.7. The van der Waals surface area contributed by atoms with E-state index in [4.69, 9.17) is 11.6 Å². The van der Waals surface area contributed by atoms with E-state index in [1.807, 2.05) is 38.2 Å². The Balaban J connectivity index is 1.75. The Kier molecular flexibility index (Phi) is 5.94. The van der Waals surface area contributed by atoms with Gasteiger partial charge in [0.05, 0.1) is 17.1 Å². The largest absolute Gasteiger partial charge is 0.858 e. The molecule has 1 aliphatic heterocycles. The van der Waals surface area contributed by atoms with E-state index < -0.39 is 17.7 Å².